The Kier molecular flexibility index (Phi) is 10.7. The lowest BCUT2D eigenvalue weighted by Gasteiger charge is -2.19. The summed E-state index contributed by atoms with van der Waals surface area (Å²) in [7, 11) is 5.16. The second-order valence-electron chi connectivity index (χ2n) is 16.7. The number of benzene rings is 2. The van der Waals surface area contributed by atoms with Gasteiger partial charge in [-0.1, -0.05) is 13.8 Å². The molecule has 0 radical (unpaired) electrons. The molecule has 0 bridgehead atoms. The van der Waals surface area contributed by atoms with Gasteiger partial charge in [0.2, 0.25) is 0 Å². The minimum absolute atomic E-state index is 0.0150. The number of hydrogen-bond donors (Lipinski definition) is 0. The molecule has 5 aromatic heterocycles. The van der Waals surface area contributed by atoms with Gasteiger partial charge in [-0.3, -0.25) is 9.59 Å². The third kappa shape index (κ3) is 6.52. The van der Waals surface area contributed by atoms with Gasteiger partial charge in [-0.15, -0.1) is 45.3 Å². The Morgan fingerprint density at radius 2 is 0.986 bits per heavy atom. The quantitative estimate of drug-likeness (QED) is 0.111. The highest BCUT2D eigenvalue weighted by Gasteiger charge is 2.43. The molecule has 10 rings (SSSR count). The van der Waals surface area contributed by atoms with Crippen molar-refractivity contribution in [1.29, 1.82) is 42.1 Å². The van der Waals surface area contributed by atoms with Crippen molar-refractivity contribution >= 4 is 90.4 Å². The van der Waals surface area contributed by atoms with E-state index >= 15 is 0 Å². The highest BCUT2D eigenvalue weighted by Crippen LogP contribution is 2.60. The van der Waals surface area contributed by atoms with Crippen LogP contribution < -0.4 is 9.47 Å². The number of nitriles is 8. The molecule has 7 aromatic rings. The Balaban J connectivity index is 1.02. The second-order valence-corrected chi connectivity index (χ2v) is 21.0. The fraction of sp³-hybridized carbons (Fsp3) is 0.111. The Bertz CT molecular complexity index is 4180. The summed E-state index contributed by atoms with van der Waals surface area (Å²) in [6, 6.07) is 28.7. The van der Waals surface area contributed by atoms with Crippen LogP contribution in [0, 0.1) is 90.6 Å². The van der Waals surface area contributed by atoms with Crippen molar-refractivity contribution in [3.8, 4) is 90.1 Å². The smallest absolute Gasteiger partial charge is 0.194 e. The molecular weight excluding hydrogens is 967 g/mol. The molecular formula is C54H25N9O4S4. The van der Waals surface area contributed by atoms with Crippen molar-refractivity contribution in [3.63, 3.8) is 0 Å². The van der Waals surface area contributed by atoms with E-state index in [4.69, 9.17) is 9.47 Å². The molecule has 0 amide bonds. The summed E-state index contributed by atoms with van der Waals surface area (Å²) in [5, 5.41) is 78.5. The number of nitrogens with zero attached hydrogens (tertiary/aromatic N) is 9. The molecule has 13 nitrogen and oxygen atoms in total. The average molecular weight is 992 g/mol. The summed E-state index contributed by atoms with van der Waals surface area (Å²) >= 11 is 6.01. The molecule has 0 N–H and O–H groups in total. The standard InChI is InChI=1S/C54H25N9O4S4/c1-54(2)38-14-42(52-40(66-4)12-30(68-52)10-36-44(28(20-59)21-60)32-6-24(16-55)26(18-57)8-34(32)48(36)64)70-50(38)47-46(54)51-39(63(47)3)15-43(71-51)53-41(67-5)13-31(69-53)11-37-45(29(22-61)23-62)33-7-25(17-56)27(19-58)9-35(33)49(37)65/h6-15H,1-5H3/b36-10-,37-11-. The summed E-state index contributed by atoms with van der Waals surface area (Å²) in [6.45, 7) is 4.38. The van der Waals surface area contributed by atoms with Crippen LogP contribution in [0.2, 0.25) is 0 Å². The maximum Gasteiger partial charge on any atom is 0.194 e. The van der Waals surface area contributed by atoms with Gasteiger partial charge in [0.15, 0.2) is 11.6 Å². The number of hydrogen-bond acceptors (Lipinski definition) is 16. The van der Waals surface area contributed by atoms with Crippen LogP contribution in [0.15, 0.2) is 70.8 Å². The molecule has 17 heteroatoms. The van der Waals surface area contributed by atoms with Gasteiger partial charge in [0.25, 0.3) is 0 Å². The number of ketones is 2. The number of allylic oxidation sites excluding steroid dienone is 6. The molecule has 0 spiro atoms. The van der Waals surface area contributed by atoms with E-state index in [9.17, 15) is 51.7 Å². The number of ether oxygens (including phenoxy) is 2. The van der Waals surface area contributed by atoms with E-state index in [0.717, 1.165) is 45.9 Å². The summed E-state index contributed by atoms with van der Waals surface area (Å²) in [6.07, 6.45) is 3.24. The van der Waals surface area contributed by atoms with Crippen LogP contribution >= 0.6 is 45.3 Å². The predicted molar refractivity (Wildman–Crippen MR) is 269 cm³/mol. The van der Waals surface area contributed by atoms with Crippen LogP contribution in [0.5, 0.6) is 11.5 Å². The Hall–Kier alpha value is -9.40. The van der Waals surface area contributed by atoms with E-state index in [1.807, 2.05) is 55.6 Å². The zero-order valence-corrected chi connectivity index (χ0v) is 40.8. The summed E-state index contributed by atoms with van der Waals surface area (Å²) in [5.41, 5.74) is 4.59. The third-order valence-corrected chi connectivity index (χ3v) is 17.6. The van der Waals surface area contributed by atoms with Gasteiger partial charge in [0.1, 0.15) is 71.2 Å². The monoisotopic (exact) mass is 991 g/mol. The van der Waals surface area contributed by atoms with Crippen molar-refractivity contribution in [2.45, 2.75) is 19.3 Å². The topological polar surface area (TPSA) is 248 Å². The number of fused-ring (bicyclic) bond motifs is 7. The van der Waals surface area contributed by atoms with Crippen molar-refractivity contribution in [2.75, 3.05) is 14.2 Å². The van der Waals surface area contributed by atoms with Crippen LogP contribution in [0.3, 0.4) is 0 Å². The van der Waals surface area contributed by atoms with E-state index in [1.165, 1.54) is 52.5 Å². The first-order valence-electron chi connectivity index (χ1n) is 21.0. The number of aromatic nitrogens is 1. The fourth-order valence-corrected chi connectivity index (χ4v) is 14.7. The molecule has 0 atom stereocenters. The molecule has 3 aliphatic carbocycles. The lowest BCUT2D eigenvalue weighted by Crippen LogP contribution is -2.13. The van der Waals surface area contributed by atoms with Gasteiger partial charge in [0, 0.05) is 66.1 Å². The second kappa shape index (κ2) is 16.7. The first kappa shape index (κ1) is 45.4. The first-order chi connectivity index (χ1) is 34.2. The summed E-state index contributed by atoms with van der Waals surface area (Å²) < 4.78 is 15.1. The number of Topliss-reactive ketones (excluding diaryl/α,β-unsaturated/α-hetero) is 2. The molecule has 0 fully saturated rings. The lowest BCUT2D eigenvalue weighted by molar-refractivity contribution is 0.103. The molecule has 0 saturated heterocycles. The van der Waals surface area contributed by atoms with Gasteiger partial charge in [-0.05, 0) is 77.4 Å². The number of carbonyl (C=O) groups excluding carboxylic acids is 2. The van der Waals surface area contributed by atoms with Gasteiger partial charge >= 0.3 is 0 Å². The highest BCUT2D eigenvalue weighted by atomic mass is 32.1. The maximum absolute atomic E-state index is 13.9. The number of methoxy groups -OCH3 is 2. The van der Waals surface area contributed by atoms with E-state index in [-0.39, 0.29) is 77.9 Å². The maximum atomic E-state index is 13.9. The predicted octanol–water partition coefficient (Wildman–Crippen LogP) is 11.7. The minimum atomic E-state index is -0.475. The molecule has 5 heterocycles. The van der Waals surface area contributed by atoms with E-state index in [1.54, 1.807) is 61.2 Å². The molecule has 3 aliphatic rings. The lowest BCUT2D eigenvalue weighted by atomic mass is 9.84. The number of thiophene rings is 4. The zero-order valence-electron chi connectivity index (χ0n) is 37.6. The van der Waals surface area contributed by atoms with E-state index in [0.29, 0.717) is 21.3 Å². The molecule has 71 heavy (non-hydrogen) atoms. The third-order valence-electron chi connectivity index (χ3n) is 12.8. The van der Waals surface area contributed by atoms with Crippen molar-refractivity contribution in [3.05, 3.63) is 136 Å². The molecule has 0 saturated carbocycles. The number of carbonyl (C=O) groups is 2. The Morgan fingerprint density at radius 3 is 1.39 bits per heavy atom. The molecule has 2 aromatic carbocycles. The highest BCUT2D eigenvalue weighted by molar-refractivity contribution is 7.27. The van der Waals surface area contributed by atoms with Crippen molar-refractivity contribution in [2.24, 2.45) is 7.05 Å². The van der Waals surface area contributed by atoms with Crippen LogP contribution in [0.25, 0.3) is 63.6 Å². The van der Waals surface area contributed by atoms with Crippen molar-refractivity contribution in [1.82, 2.24) is 4.57 Å². The van der Waals surface area contributed by atoms with Crippen LogP contribution in [0.1, 0.15) is 88.8 Å². The van der Waals surface area contributed by atoms with Crippen LogP contribution in [-0.2, 0) is 12.5 Å². The first-order valence-corrected chi connectivity index (χ1v) is 24.2. The van der Waals surface area contributed by atoms with Crippen LogP contribution in [0.4, 0.5) is 0 Å². The summed E-state index contributed by atoms with van der Waals surface area (Å²) in [5.74, 6) is 0.178. The minimum Gasteiger partial charge on any atom is -0.495 e. The van der Waals surface area contributed by atoms with E-state index in [2.05, 4.69) is 30.5 Å². The molecule has 334 valence electrons. The molecule has 0 aliphatic heterocycles. The summed E-state index contributed by atoms with van der Waals surface area (Å²) in [4.78, 5) is 33.7. The molecule has 0 unspecified atom stereocenters. The Morgan fingerprint density at radius 1 is 0.563 bits per heavy atom. The van der Waals surface area contributed by atoms with Gasteiger partial charge in [-0.25, -0.2) is 0 Å². The van der Waals surface area contributed by atoms with Crippen molar-refractivity contribution < 1.29 is 19.1 Å². The van der Waals surface area contributed by atoms with E-state index < -0.39 is 17.0 Å². The number of rotatable bonds is 6. The normalized spacial score (nSPS) is 14.6. The van der Waals surface area contributed by atoms with Crippen LogP contribution in [-0.4, -0.2) is 30.4 Å². The largest absolute Gasteiger partial charge is 0.495 e. The number of aryl methyl sites for hydroxylation is 1. The SMILES string of the molecule is COc1cc(/C=C2\C(=O)c3cc(C#N)c(C#N)cc3C2=C(C#N)C#N)sc1-c1cc2c(s1)-c1c(c3sc(-c4sc(/C=C5\C(=O)c6cc(C#N)c(C#N)cc6C5=C(C#N)C#N)cc4OC)cc3n1C)C2(C)C. The average Bonchev–Trinajstić information content (AvgIpc) is 4.27. The Labute approximate surface area is 420 Å². The van der Waals surface area contributed by atoms with Gasteiger partial charge in [-0.2, -0.15) is 42.1 Å². The zero-order chi connectivity index (χ0) is 50.4. The fourth-order valence-electron chi connectivity index (χ4n) is 9.55. The van der Waals surface area contributed by atoms with Gasteiger partial charge in [0.05, 0.1) is 71.9 Å². The van der Waals surface area contributed by atoms with Gasteiger partial charge < -0.3 is 14.0 Å².